The van der Waals surface area contributed by atoms with E-state index in [1.54, 1.807) is 7.11 Å². The number of anilines is 1. The first-order chi connectivity index (χ1) is 15.3. The first kappa shape index (κ1) is 20.8. The Hall–Kier alpha value is -2.12. The molecule has 0 unspecified atom stereocenters. The highest BCUT2D eigenvalue weighted by Crippen LogP contribution is 2.38. The molecule has 0 N–H and O–H groups in total. The zero-order valence-corrected chi connectivity index (χ0v) is 18.5. The Balaban J connectivity index is 1.11. The fourth-order valence-corrected chi connectivity index (χ4v) is 5.12. The first-order valence-corrected chi connectivity index (χ1v) is 11.5. The maximum Gasteiger partial charge on any atom is 0.208 e. The van der Waals surface area contributed by atoms with Gasteiger partial charge in [-0.1, -0.05) is 30.3 Å². The van der Waals surface area contributed by atoms with Gasteiger partial charge in [-0.2, -0.15) is 0 Å². The average molecular weight is 424 g/mol. The van der Waals surface area contributed by atoms with Crippen molar-refractivity contribution in [3.8, 4) is 5.75 Å². The van der Waals surface area contributed by atoms with Crippen molar-refractivity contribution in [2.24, 2.45) is 0 Å². The minimum absolute atomic E-state index is 0.558. The van der Waals surface area contributed by atoms with E-state index in [1.165, 1.54) is 16.8 Å². The summed E-state index contributed by atoms with van der Waals surface area (Å²) in [4.78, 5) is 7.55. The van der Waals surface area contributed by atoms with E-state index in [2.05, 4.69) is 57.2 Å². The Morgan fingerprint density at radius 2 is 1.68 bits per heavy atom. The normalized spacial score (nSPS) is 21.4. The second kappa shape index (κ2) is 9.17. The Kier molecular flexibility index (Phi) is 6.14. The van der Waals surface area contributed by atoms with Crippen LogP contribution < -0.4 is 9.64 Å². The van der Waals surface area contributed by atoms with Gasteiger partial charge in [-0.05, 0) is 37.2 Å². The fraction of sp³-hybridized carbons (Fsp3) is 0.520. The third-order valence-electron chi connectivity index (χ3n) is 6.75. The van der Waals surface area contributed by atoms with Crippen LogP contribution in [0.1, 0.15) is 17.5 Å². The van der Waals surface area contributed by atoms with Gasteiger partial charge in [-0.15, -0.1) is 0 Å². The molecule has 3 aliphatic rings. The van der Waals surface area contributed by atoms with Crippen molar-refractivity contribution >= 4 is 5.69 Å². The zero-order chi connectivity index (χ0) is 21.1. The van der Waals surface area contributed by atoms with Crippen LogP contribution in [-0.2, 0) is 21.8 Å². The number of ether oxygens (including phenoxy) is 3. The zero-order valence-electron chi connectivity index (χ0n) is 18.5. The predicted molar refractivity (Wildman–Crippen MR) is 122 cm³/mol. The number of methoxy groups -OCH3 is 1. The average Bonchev–Trinajstić information content (AvgIpc) is 3.28. The summed E-state index contributed by atoms with van der Waals surface area (Å²) in [6, 6.07) is 17.0. The molecule has 0 aliphatic carbocycles. The summed E-state index contributed by atoms with van der Waals surface area (Å²) in [5.74, 6) is 0.369. The molecule has 1 spiro atoms. The van der Waals surface area contributed by atoms with Gasteiger partial charge in [0.15, 0.2) is 0 Å². The SMILES string of the molecule is COc1cccc(N2CCN(CCCN3Cc4ccccc4C4(C3)OCCO4)CC2)c1. The lowest BCUT2D eigenvalue weighted by Crippen LogP contribution is -2.48. The minimum atomic E-state index is -0.558. The van der Waals surface area contributed by atoms with Gasteiger partial charge in [0.1, 0.15) is 5.75 Å². The molecule has 2 aromatic carbocycles. The summed E-state index contributed by atoms with van der Waals surface area (Å²) in [6.45, 7) is 9.72. The molecule has 5 rings (SSSR count). The molecule has 3 heterocycles. The Labute approximate surface area is 185 Å². The van der Waals surface area contributed by atoms with Crippen molar-refractivity contribution in [2.45, 2.75) is 18.8 Å². The number of piperazine rings is 1. The van der Waals surface area contributed by atoms with Crippen LogP contribution in [0.5, 0.6) is 5.75 Å². The fourth-order valence-electron chi connectivity index (χ4n) is 5.12. The van der Waals surface area contributed by atoms with Crippen molar-refractivity contribution in [1.82, 2.24) is 9.80 Å². The number of hydrogen-bond acceptors (Lipinski definition) is 6. The van der Waals surface area contributed by atoms with Gasteiger partial charge < -0.3 is 19.1 Å². The molecule has 0 radical (unpaired) electrons. The van der Waals surface area contributed by atoms with Crippen LogP contribution in [0, 0.1) is 0 Å². The number of benzene rings is 2. The highest BCUT2D eigenvalue weighted by atomic mass is 16.7. The van der Waals surface area contributed by atoms with E-state index < -0.39 is 5.79 Å². The van der Waals surface area contributed by atoms with E-state index >= 15 is 0 Å². The Morgan fingerprint density at radius 1 is 0.903 bits per heavy atom. The molecule has 0 atom stereocenters. The molecule has 0 bridgehead atoms. The van der Waals surface area contributed by atoms with Gasteiger partial charge in [-0.3, -0.25) is 9.80 Å². The Bertz CT molecular complexity index is 876. The summed E-state index contributed by atoms with van der Waals surface area (Å²) in [5.41, 5.74) is 3.81. The number of fused-ring (bicyclic) bond motifs is 2. The van der Waals surface area contributed by atoms with Crippen molar-refractivity contribution in [2.75, 3.05) is 71.0 Å². The van der Waals surface area contributed by atoms with Gasteiger partial charge in [-0.25, -0.2) is 0 Å². The van der Waals surface area contributed by atoms with Crippen LogP contribution in [0.4, 0.5) is 5.69 Å². The van der Waals surface area contributed by atoms with E-state index in [9.17, 15) is 0 Å². The molecule has 6 nitrogen and oxygen atoms in total. The van der Waals surface area contributed by atoms with E-state index in [4.69, 9.17) is 14.2 Å². The first-order valence-electron chi connectivity index (χ1n) is 11.5. The van der Waals surface area contributed by atoms with E-state index in [-0.39, 0.29) is 0 Å². The molecule has 31 heavy (non-hydrogen) atoms. The minimum Gasteiger partial charge on any atom is -0.497 e. The monoisotopic (exact) mass is 423 g/mol. The quantitative estimate of drug-likeness (QED) is 0.711. The lowest BCUT2D eigenvalue weighted by atomic mass is 9.94. The second-order valence-corrected chi connectivity index (χ2v) is 8.70. The lowest BCUT2D eigenvalue weighted by Gasteiger charge is -2.40. The van der Waals surface area contributed by atoms with Crippen LogP contribution in [-0.4, -0.2) is 75.9 Å². The van der Waals surface area contributed by atoms with Gasteiger partial charge in [0.2, 0.25) is 5.79 Å². The van der Waals surface area contributed by atoms with Crippen LogP contribution in [0.2, 0.25) is 0 Å². The van der Waals surface area contributed by atoms with Crippen molar-refractivity contribution < 1.29 is 14.2 Å². The van der Waals surface area contributed by atoms with Crippen molar-refractivity contribution in [3.05, 3.63) is 59.7 Å². The van der Waals surface area contributed by atoms with Crippen LogP contribution >= 0.6 is 0 Å². The maximum atomic E-state index is 6.12. The van der Waals surface area contributed by atoms with E-state index in [0.29, 0.717) is 13.2 Å². The summed E-state index contributed by atoms with van der Waals surface area (Å²) in [7, 11) is 1.73. The molecular formula is C25H33N3O3. The second-order valence-electron chi connectivity index (χ2n) is 8.70. The maximum absolute atomic E-state index is 6.12. The standard InChI is InChI=1S/C25H33N3O3/c1-29-23-8-4-7-22(18-23)28-14-12-26(13-15-28)10-5-11-27-19-21-6-2-3-9-24(21)25(20-27)30-16-17-31-25/h2-4,6-9,18H,5,10-17,19-20H2,1H3. The van der Waals surface area contributed by atoms with Crippen molar-refractivity contribution in [3.63, 3.8) is 0 Å². The van der Waals surface area contributed by atoms with Gasteiger partial charge >= 0.3 is 0 Å². The highest BCUT2D eigenvalue weighted by Gasteiger charge is 2.44. The van der Waals surface area contributed by atoms with Gasteiger partial charge in [0, 0.05) is 50.0 Å². The van der Waals surface area contributed by atoms with Crippen LogP contribution in [0.25, 0.3) is 0 Å². The third kappa shape index (κ3) is 4.44. The third-order valence-corrected chi connectivity index (χ3v) is 6.75. The van der Waals surface area contributed by atoms with Crippen LogP contribution in [0.3, 0.4) is 0 Å². The number of rotatable bonds is 6. The lowest BCUT2D eigenvalue weighted by molar-refractivity contribution is -0.187. The number of hydrogen-bond donors (Lipinski definition) is 0. The molecule has 6 heteroatoms. The predicted octanol–water partition coefficient (Wildman–Crippen LogP) is 2.92. The van der Waals surface area contributed by atoms with E-state index in [0.717, 1.165) is 64.5 Å². The molecule has 0 amide bonds. The van der Waals surface area contributed by atoms with Gasteiger partial charge in [0.25, 0.3) is 0 Å². The van der Waals surface area contributed by atoms with Crippen LogP contribution in [0.15, 0.2) is 48.5 Å². The molecule has 166 valence electrons. The molecule has 2 saturated heterocycles. The smallest absolute Gasteiger partial charge is 0.208 e. The summed E-state index contributed by atoms with van der Waals surface area (Å²) >= 11 is 0. The molecule has 2 fully saturated rings. The molecule has 2 aromatic rings. The molecular weight excluding hydrogens is 390 g/mol. The Morgan fingerprint density at radius 3 is 2.48 bits per heavy atom. The highest BCUT2D eigenvalue weighted by molar-refractivity contribution is 5.51. The molecule has 0 saturated carbocycles. The van der Waals surface area contributed by atoms with Crippen molar-refractivity contribution in [1.29, 1.82) is 0 Å². The molecule has 0 aromatic heterocycles. The topological polar surface area (TPSA) is 37.4 Å². The van der Waals surface area contributed by atoms with Gasteiger partial charge in [0.05, 0.1) is 26.9 Å². The molecule has 3 aliphatic heterocycles. The largest absolute Gasteiger partial charge is 0.497 e. The summed E-state index contributed by atoms with van der Waals surface area (Å²) in [5, 5.41) is 0. The number of nitrogens with zero attached hydrogens (tertiary/aromatic N) is 3. The summed E-state index contributed by atoms with van der Waals surface area (Å²) < 4.78 is 17.6. The summed E-state index contributed by atoms with van der Waals surface area (Å²) in [6.07, 6.45) is 1.16. The van der Waals surface area contributed by atoms with E-state index in [1.807, 2.05) is 6.07 Å².